The number of carbonyl (C=O) groups is 2. The summed E-state index contributed by atoms with van der Waals surface area (Å²) in [5, 5.41) is 13.4. The third-order valence-corrected chi connectivity index (χ3v) is 2.96. The van der Waals surface area contributed by atoms with E-state index in [2.05, 4.69) is 5.32 Å². The van der Waals surface area contributed by atoms with Crippen molar-refractivity contribution in [3.8, 4) is 0 Å². The molecular weight excluding hydrogens is 292 g/mol. The van der Waals surface area contributed by atoms with Gasteiger partial charge in [-0.15, -0.1) is 0 Å². The van der Waals surface area contributed by atoms with Gasteiger partial charge in [0.1, 0.15) is 12.1 Å². The molecule has 2 amide bonds. The fourth-order valence-corrected chi connectivity index (χ4v) is 1.83. The molecule has 0 aromatic carbocycles. The van der Waals surface area contributed by atoms with Gasteiger partial charge in [0.15, 0.2) is 0 Å². The van der Waals surface area contributed by atoms with Crippen molar-refractivity contribution < 1.29 is 14.5 Å². The Labute approximate surface area is 126 Å². The van der Waals surface area contributed by atoms with Crippen molar-refractivity contribution in [1.29, 1.82) is 0 Å². The molecule has 9 nitrogen and oxygen atoms in total. The van der Waals surface area contributed by atoms with Gasteiger partial charge in [-0.2, -0.15) is 0 Å². The lowest BCUT2D eigenvalue weighted by Gasteiger charge is -2.08. The first-order valence-corrected chi connectivity index (χ1v) is 6.82. The molecule has 9 heteroatoms. The Morgan fingerprint density at radius 2 is 2.09 bits per heavy atom. The van der Waals surface area contributed by atoms with Gasteiger partial charge in [0.05, 0.1) is 11.1 Å². The second-order valence-corrected chi connectivity index (χ2v) is 4.72. The van der Waals surface area contributed by atoms with Crippen molar-refractivity contribution in [3.63, 3.8) is 0 Å². The van der Waals surface area contributed by atoms with Crippen LogP contribution >= 0.6 is 0 Å². The molecule has 0 aliphatic rings. The Kier molecular flexibility index (Phi) is 6.24. The zero-order valence-electron chi connectivity index (χ0n) is 12.2. The number of amides is 2. The van der Waals surface area contributed by atoms with Crippen LogP contribution in [0, 0.1) is 10.1 Å². The number of hydrogen-bond donors (Lipinski definition) is 2. The van der Waals surface area contributed by atoms with Crippen LogP contribution in [0.3, 0.4) is 0 Å². The molecule has 3 N–H and O–H groups in total. The van der Waals surface area contributed by atoms with Gasteiger partial charge in [0.25, 0.3) is 17.2 Å². The van der Waals surface area contributed by atoms with Crippen LogP contribution in [-0.4, -0.2) is 27.8 Å². The van der Waals surface area contributed by atoms with Crippen LogP contribution in [0.5, 0.6) is 0 Å². The molecule has 0 saturated carbocycles. The zero-order valence-corrected chi connectivity index (χ0v) is 12.2. The van der Waals surface area contributed by atoms with Gasteiger partial charge in [-0.1, -0.05) is 19.8 Å². The minimum Gasteiger partial charge on any atom is -0.365 e. The van der Waals surface area contributed by atoms with E-state index in [1.807, 2.05) is 6.92 Å². The summed E-state index contributed by atoms with van der Waals surface area (Å²) < 4.78 is 0.813. The molecule has 0 fully saturated rings. The van der Waals surface area contributed by atoms with Crippen LogP contribution < -0.4 is 16.6 Å². The molecular formula is C13H18N4O5. The molecule has 0 radical (unpaired) electrons. The van der Waals surface area contributed by atoms with Crippen LogP contribution in [0.4, 0.5) is 5.69 Å². The maximum atomic E-state index is 12.0. The predicted molar refractivity (Wildman–Crippen MR) is 78.4 cm³/mol. The summed E-state index contributed by atoms with van der Waals surface area (Å²) in [5.74, 6) is -1.54. The van der Waals surface area contributed by atoms with Gasteiger partial charge in [0, 0.05) is 12.6 Å². The second-order valence-electron chi connectivity index (χ2n) is 4.72. The molecule has 0 atom stereocenters. The minimum absolute atomic E-state index is 0.410. The van der Waals surface area contributed by atoms with E-state index in [0.29, 0.717) is 6.54 Å². The minimum atomic E-state index is -1.08. The van der Waals surface area contributed by atoms with Crippen LogP contribution in [0.15, 0.2) is 17.1 Å². The van der Waals surface area contributed by atoms with Crippen molar-refractivity contribution in [2.75, 3.05) is 6.54 Å². The summed E-state index contributed by atoms with van der Waals surface area (Å²) >= 11 is 0. The third kappa shape index (κ3) is 4.69. The highest BCUT2D eigenvalue weighted by atomic mass is 16.6. The van der Waals surface area contributed by atoms with Gasteiger partial charge >= 0.3 is 0 Å². The standard InChI is InChI=1S/C13H18N4O5/c1-2-3-4-5-15-11(18)8-16-7-9(17(21)22)6-10(12(14)19)13(16)20/h6-7H,2-5,8H2,1H3,(H2,14,19)(H,15,18). The normalized spacial score (nSPS) is 10.2. The number of primary amides is 1. The first-order chi connectivity index (χ1) is 10.4. The van der Waals surface area contributed by atoms with Crippen molar-refractivity contribution in [3.05, 3.63) is 38.3 Å². The third-order valence-electron chi connectivity index (χ3n) is 2.96. The fourth-order valence-electron chi connectivity index (χ4n) is 1.83. The number of rotatable bonds is 8. The van der Waals surface area contributed by atoms with Gasteiger partial charge in [0.2, 0.25) is 5.91 Å². The van der Waals surface area contributed by atoms with E-state index in [9.17, 15) is 24.5 Å². The first-order valence-electron chi connectivity index (χ1n) is 6.82. The summed E-state index contributed by atoms with van der Waals surface area (Å²) in [6.07, 6.45) is 3.68. The topological polar surface area (TPSA) is 137 Å². The number of nitro groups is 1. The second kappa shape index (κ2) is 7.91. The highest BCUT2D eigenvalue weighted by Gasteiger charge is 2.18. The Bertz CT molecular complexity index is 638. The lowest BCUT2D eigenvalue weighted by molar-refractivity contribution is -0.385. The van der Waals surface area contributed by atoms with E-state index in [-0.39, 0.29) is 0 Å². The number of nitrogens with one attached hydrogen (secondary N) is 1. The molecule has 0 bridgehead atoms. The zero-order chi connectivity index (χ0) is 16.7. The Hall–Kier alpha value is -2.71. The van der Waals surface area contributed by atoms with Gasteiger partial charge in [-0.05, 0) is 6.42 Å². The lowest BCUT2D eigenvalue weighted by atomic mass is 10.2. The van der Waals surface area contributed by atoms with E-state index in [4.69, 9.17) is 5.73 Å². The molecule has 1 rings (SSSR count). The number of pyridine rings is 1. The average Bonchev–Trinajstić information content (AvgIpc) is 2.45. The molecule has 1 aromatic heterocycles. The van der Waals surface area contributed by atoms with Crippen LogP contribution in [-0.2, 0) is 11.3 Å². The molecule has 120 valence electrons. The maximum Gasteiger partial charge on any atom is 0.286 e. The summed E-state index contributed by atoms with van der Waals surface area (Å²) in [4.78, 5) is 44.9. The first kappa shape index (κ1) is 17.3. The summed E-state index contributed by atoms with van der Waals surface area (Å²) in [6, 6.07) is 0.806. The van der Waals surface area contributed by atoms with Crippen molar-refractivity contribution in [2.45, 2.75) is 32.7 Å². The van der Waals surface area contributed by atoms with Crippen LogP contribution in [0.1, 0.15) is 36.5 Å². The highest BCUT2D eigenvalue weighted by molar-refractivity contribution is 5.93. The van der Waals surface area contributed by atoms with Crippen LogP contribution in [0.2, 0.25) is 0 Å². The molecule has 0 spiro atoms. The number of nitrogens with zero attached hydrogens (tertiary/aromatic N) is 2. The average molecular weight is 310 g/mol. The fraction of sp³-hybridized carbons (Fsp3) is 0.462. The smallest absolute Gasteiger partial charge is 0.286 e. The van der Waals surface area contributed by atoms with E-state index < -0.39 is 40.1 Å². The van der Waals surface area contributed by atoms with Gasteiger partial charge in [-0.3, -0.25) is 29.1 Å². The largest absolute Gasteiger partial charge is 0.365 e. The molecule has 0 unspecified atom stereocenters. The monoisotopic (exact) mass is 310 g/mol. The number of nitrogens with two attached hydrogens (primary N) is 1. The van der Waals surface area contributed by atoms with Crippen molar-refractivity contribution in [2.24, 2.45) is 5.73 Å². The van der Waals surface area contributed by atoms with Gasteiger partial charge in [-0.25, -0.2) is 0 Å². The number of unbranched alkanes of at least 4 members (excludes halogenated alkanes) is 2. The number of aromatic nitrogens is 1. The lowest BCUT2D eigenvalue weighted by Crippen LogP contribution is -2.35. The summed E-state index contributed by atoms with van der Waals surface area (Å²) in [5.41, 5.74) is 3.19. The maximum absolute atomic E-state index is 12.0. The molecule has 0 aliphatic heterocycles. The Morgan fingerprint density at radius 3 is 2.64 bits per heavy atom. The van der Waals surface area contributed by atoms with E-state index in [1.165, 1.54) is 0 Å². The predicted octanol–water partition coefficient (Wildman–Crippen LogP) is 0.162. The van der Waals surface area contributed by atoms with E-state index >= 15 is 0 Å². The van der Waals surface area contributed by atoms with E-state index in [1.54, 1.807) is 0 Å². The quantitative estimate of drug-likeness (QED) is 0.400. The van der Waals surface area contributed by atoms with Crippen molar-refractivity contribution >= 4 is 17.5 Å². The molecule has 0 aliphatic carbocycles. The number of hydrogen-bond acceptors (Lipinski definition) is 5. The van der Waals surface area contributed by atoms with E-state index in [0.717, 1.165) is 36.1 Å². The molecule has 22 heavy (non-hydrogen) atoms. The SMILES string of the molecule is CCCCCNC(=O)Cn1cc([N+](=O)[O-])cc(C(N)=O)c1=O. The summed E-state index contributed by atoms with van der Waals surface area (Å²) in [7, 11) is 0. The molecule has 1 heterocycles. The summed E-state index contributed by atoms with van der Waals surface area (Å²) in [6.45, 7) is 2.07. The van der Waals surface area contributed by atoms with Crippen molar-refractivity contribution in [1.82, 2.24) is 9.88 Å². The number of carbonyl (C=O) groups excluding carboxylic acids is 2. The Morgan fingerprint density at radius 1 is 1.41 bits per heavy atom. The van der Waals surface area contributed by atoms with Crippen LogP contribution in [0.25, 0.3) is 0 Å². The van der Waals surface area contributed by atoms with Gasteiger partial charge < -0.3 is 11.1 Å². The molecule has 1 aromatic rings. The molecule has 0 saturated heterocycles. The Balaban J connectivity index is 2.94. The highest BCUT2D eigenvalue weighted by Crippen LogP contribution is 2.10.